The number of carbonyl (C=O) groups is 1. The molecule has 1 heterocycles. The zero-order valence-corrected chi connectivity index (χ0v) is 12.4. The Balaban J connectivity index is 2.64. The minimum atomic E-state index is -1.78. The number of carboxylic acid groups (broad SMARTS) is 1. The summed E-state index contributed by atoms with van der Waals surface area (Å²) in [6.07, 6.45) is 1.74. The molecule has 0 radical (unpaired) electrons. The zero-order valence-electron chi connectivity index (χ0n) is 11.4. The van der Waals surface area contributed by atoms with Crippen LogP contribution in [0, 0.1) is 0 Å². The molecule has 5 heteroatoms. The minimum Gasteiger partial charge on any atom is -0.547 e. The molecule has 0 aromatic carbocycles. The Morgan fingerprint density at radius 1 is 1.47 bits per heavy atom. The van der Waals surface area contributed by atoms with Crippen LogP contribution in [0.25, 0.3) is 0 Å². The summed E-state index contributed by atoms with van der Waals surface area (Å²) in [7, 11) is -1.78. The summed E-state index contributed by atoms with van der Waals surface area (Å²) in [6.45, 7) is 12.0. The summed E-state index contributed by atoms with van der Waals surface area (Å²) in [6, 6.07) is 0. The topological polar surface area (TPSA) is 49.8 Å². The molecule has 0 unspecified atom stereocenters. The van der Waals surface area contributed by atoms with Gasteiger partial charge in [-0.05, 0) is 24.2 Å². The molecule has 1 amide bonds. The van der Waals surface area contributed by atoms with Crippen molar-refractivity contribution in [2.75, 3.05) is 13.1 Å². The minimum absolute atomic E-state index is 0.178. The first-order valence-electron chi connectivity index (χ1n) is 5.99. The maximum atomic E-state index is 10.8. The predicted octanol–water partition coefficient (Wildman–Crippen LogP) is 3.28. The maximum absolute atomic E-state index is 10.8. The Kier molecular flexibility index (Phi) is 3.91. The van der Waals surface area contributed by atoms with Gasteiger partial charge in [0.1, 0.15) is 0 Å². The van der Waals surface area contributed by atoms with Gasteiger partial charge in [-0.3, -0.25) is 0 Å². The molecule has 0 aromatic heterocycles. The summed E-state index contributed by atoms with van der Waals surface area (Å²) in [5.41, 5.74) is 0. The van der Waals surface area contributed by atoms with Gasteiger partial charge in [-0.1, -0.05) is 20.8 Å². The van der Waals surface area contributed by atoms with Crippen molar-refractivity contribution < 1.29 is 14.3 Å². The van der Waals surface area contributed by atoms with Gasteiger partial charge >= 0.3 is 6.09 Å². The molecule has 0 atom stereocenters. The average molecular weight is 257 g/mol. The number of hydrogen-bond acceptors (Lipinski definition) is 2. The molecular weight excluding hydrogens is 234 g/mol. The number of rotatable bonds is 2. The van der Waals surface area contributed by atoms with Crippen LogP contribution in [-0.2, 0) is 4.43 Å². The normalized spacial score (nSPS) is 17.7. The van der Waals surface area contributed by atoms with Crippen molar-refractivity contribution in [2.45, 2.75) is 45.3 Å². The third-order valence-corrected chi connectivity index (χ3v) is 8.02. The van der Waals surface area contributed by atoms with E-state index in [9.17, 15) is 4.79 Å². The van der Waals surface area contributed by atoms with E-state index in [-0.39, 0.29) is 5.04 Å². The highest BCUT2D eigenvalue weighted by molar-refractivity contribution is 6.74. The Labute approximate surface area is 104 Å². The van der Waals surface area contributed by atoms with Gasteiger partial charge in [0, 0.05) is 19.5 Å². The monoisotopic (exact) mass is 257 g/mol. The number of nitrogens with zero attached hydrogens (tertiary/aromatic N) is 1. The molecule has 0 saturated carbocycles. The molecule has 0 saturated heterocycles. The van der Waals surface area contributed by atoms with Crippen LogP contribution in [0.2, 0.25) is 18.1 Å². The van der Waals surface area contributed by atoms with Gasteiger partial charge in [-0.15, -0.1) is 0 Å². The second-order valence-electron chi connectivity index (χ2n) is 6.01. The molecule has 1 aliphatic rings. The summed E-state index contributed by atoms with van der Waals surface area (Å²) in [5.74, 6) is 0.967. The fourth-order valence-electron chi connectivity index (χ4n) is 1.40. The molecule has 17 heavy (non-hydrogen) atoms. The molecule has 98 valence electrons. The second kappa shape index (κ2) is 4.72. The second-order valence-corrected chi connectivity index (χ2v) is 10.7. The fraction of sp³-hybridized carbons (Fsp3) is 0.750. The Bertz CT molecular complexity index is 331. The van der Waals surface area contributed by atoms with Crippen LogP contribution < -0.4 is 0 Å². The van der Waals surface area contributed by atoms with Gasteiger partial charge in [0.05, 0.1) is 5.76 Å². The van der Waals surface area contributed by atoms with Crippen molar-refractivity contribution in [3.05, 3.63) is 11.8 Å². The molecule has 0 aromatic rings. The van der Waals surface area contributed by atoms with E-state index in [2.05, 4.69) is 33.9 Å². The molecule has 1 rings (SSSR count). The van der Waals surface area contributed by atoms with E-state index in [1.165, 1.54) is 4.90 Å². The fourth-order valence-corrected chi connectivity index (χ4v) is 2.54. The van der Waals surface area contributed by atoms with Gasteiger partial charge < -0.3 is 14.4 Å². The third-order valence-electron chi connectivity index (χ3n) is 3.63. The largest absolute Gasteiger partial charge is 0.547 e. The lowest BCUT2D eigenvalue weighted by molar-refractivity contribution is 0.145. The standard InChI is InChI=1S/C12H23NO3Si/c1-12(2,3)17(4,5)16-10-6-8-13(9-7-10)11(14)15/h6H,7-9H2,1-5H3,(H,14,15). The quantitative estimate of drug-likeness (QED) is 0.772. The first kappa shape index (κ1) is 14.1. The van der Waals surface area contributed by atoms with E-state index in [0.29, 0.717) is 19.5 Å². The highest BCUT2D eigenvalue weighted by Crippen LogP contribution is 2.38. The van der Waals surface area contributed by atoms with Gasteiger partial charge in [-0.25, -0.2) is 4.79 Å². The van der Waals surface area contributed by atoms with Crippen molar-refractivity contribution in [1.82, 2.24) is 4.90 Å². The smallest absolute Gasteiger partial charge is 0.407 e. The molecule has 0 spiro atoms. The van der Waals surface area contributed by atoms with Crippen molar-refractivity contribution in [2.24, 2.45) is 0 Å². The Morgan fingerprint density at radius 3 is 2.41 bits per heavy atom. The van der Waals surface area contributed by atoms with Crippen LogP contribution in [0.1, 0.15) is 27.2 Å². The van der Waals surface area contributed by atoms with Crippen molar-refractivity contribution >= 4 is 14.4 Å². The van der Waals surface area contributed by atoms with Crippen LogP contribution in [0.15, 0.2) is 11.8 Å². The summed E-state index contributed by atoms with van der Waals surface area (Å²) in [5, 5.41) is 9.03. The van der Waals surface area contributed by atoms with Crippen molar-refractivity contribution in [3.8, 4) is 0 Å². The van der Waals surface area contributed by atoms with E-state index >= 15 is 0 Å². The first-order chi connectivity index (χ1) is 7.63. The first-order valence-corrected chi connectivity index (χ1v) is 8.90. The van der Waals surface area contributed by atoms with Gasteiger partial charge in [-0.2, -0.15) is 0 Å². The molecule has 1 N–H and O–H groups in total. The maximum Gasteiger partial charge on any atom is 0.407 e. The number of hydrogen-bond donors (Lipinski definition) is 1. The molecule has 0 fully saturated rings. The van der Waals surface area contributed by atoms with Gasteiger partial charge in [0.15, 0.2) is 0 Å². The highest BCUT2D eigenvalue weighted by atomic mass is 28.4. The van der Waals surface area contributed by atoms with Crippen LogP contribution in [0.3, 0.4) is 0 Å². The Hall–Kier alpha value is -0.973. The lowest BCUT2D eigenvalue weighted by Crippen LogP contribution is -2.42. The van der Waals surface area contributed by atoms with E-state index in [1.54, 1.807) is 0 Å². The predicted molar refractivity (Wildman–Crippen MR) is 70.6 cm³/mol. The van der Waals surface area contributed by atoms with Crippen molar-refractivity contribution in [1.29, 1.82) is 0 Å². The summed E-state index contributed by atoms with van der Waals surface area (Å²) in [4.78, 5) is 12.2. The van der Waals surface area contributed by atoms with E-state index in [1.807, 2.05) is 6.08 Å². The molecule has 1 aliphatic heterocycles. The Morgan fingerprint density at radius 2 is 2.06 bits per heavy atom. The summed E-state index contributed by atoms with van der Waals surface area (Å²) >= 11 is 0. The van der Waals surface area contributed by atoms with Crippen LogP contribution in [-0.4, -0.2) is 37.5 Å². The highest BCUT2D eigenvalue weighted by Gasteiger charge is 2.39. The van der Waals surface area contributed by atoms with Crippen molar-refractivity contribution in [3.63, 3.8) is 0 Å². The lowest BCUT2D eigenvalue weighted by Gasteiger charge is -2.38. The zero-order chi connectivity index (χ0) is 13.3. The SMILES string of the molecule is CC(C)(C)[Si](C)(C)OC1=CCN(C(=O)O)CC1. The third kappa shape index (κ3) is 3.49. The molecule has 0 aliphatic carbocycles. The summed E-state index contributed by atoms with van der Waals surface area (Å²) < 4.78 is 6.15. The van der Waals surface area contributed by atoms with Gasteiger partial charge in [0.2, 0.25) is 8.32 Å². The van der Waals surface area contributed by atoms with E-state index in [4.69, 9.17) is 9.53 Å². The van der Waals surface area contributed by atoms with E-state index in [0.717, 1.165) is 5.76 Å². The molecule has 4 nitrogen and oxygen atoms in total. The lowest BCUT2D eigenvalue weighted by atomic mass is 10.2. The molecule has 0 bridgehead atoms. The molecular formula is C12H23NO3Si. The number of amides is 1. The van der Waals surface area contributed by atoms with Crippen LogP contribution >= 0.6 is 0 Å². The average Bonchev–Trinajstić information content (AvgIpc) is 2.16. The van der Waals surface area contributed by atoms with Crippen LogP contribution in [0.4, 0.5) is 4.79 Å². The van der Waals surface area contributed by atoms with E-state index < -0.39 is 14.4 Å². The van der Waals surface area contributed by atoms with Crippen LogP contribution in [0.5, 0.6) is 0 Å². The van der Waals surface area contributed by atoms with Gasteiger partial charge in [0.25, 0.3) is 0 Å².